The van der Waals surface area contributed by atoms with Gasteiger partial charge in [0.25, 0.3) is 5.97 Å². The molecule has 0 aromatic carbocycles. The predicted molar refractivity (Wildman–Crippen MR) is 170 cm³/mol. The molecule has 0 amide bonds. The molecule has 256 valence electrons. The molecule has 0 saturated heterocycles. The summed E-state index contributed by atoms with van der Waals surface area (Å²) in [6.45, 7) is 17.7. The van der Waals surface area contributed by atoms with E-state index < -0.39 is 5.97 Å². The quantitative estimate of drug-likeness (QED) is 0.287. The topological polar surface area (TPSA) is 200 Å². The number of carboxylic acids is 1. The largest absolute Gasteiger partial charge is 1.00 e. The van der Waals surface area contributed by atoms with Crippen molar-refractivity contribution in [3.8, 4) is 5.75 Å². The first-order valence-corrected chi connectivity index (χ1v) is 15.3. The number of carbonyl (C=O) groups is 3. The Morgan fingerprint density at radius 2 is 1.24 bits per heavy atom. The van der Waals surface area contributed by atoms with Gasteiger partial charge in [-0.05, 0) is 98.2 Å². The van der Waals surface area contributed by atoms with Crippen LogP contribution in [0.2, 0.25) is 0 Å². The van der Waals surface area contributed by atoms with Gasteiger partial charge in [-0.2, -0.15) is 0 Å². The minimum absolute atomic E-state index is 0. The van der Waals surface area contributed by atoms with Crippen molar-refractivity contribution < 1.29 is 51.5 Å². The van der Waals surface area contributed by atoms with Gasteiger partial charge in [-0.1, -0.05) is 41.5 Å². The van der Waals surface area contributed by atoms with Crippen LogP contribution in [0.3, 0.4) is 0 Å². The van der Waals surface area contributed by atoms with E-state index >= 15 is 0 Å². The van der Waals surface area contributed by atoms with Crippen LogP contribution in [0.5, 0.6) is 5.75 Å². The average molecular weight is 679 g/mol. The van der Waals surface area contributed by atoms with E-state index in [1.807, 2.05) is 13.8 Å². The Labute approximate surface area is 277 Å². The van der Waals surface area contributed by atoms with Gasteiger partial charge in [0.15, 0.2) is 11.6 Å². The van der Waals surface area contributed by atoms with Crippen molar-refractivity contribution in [2.75, 3.05) is 5.73 Å². The van der Waals surface area contributed by atoms with Crippen LogP contribution < -0.4 is 21.2 Å². The molecule has 0 spiro atoms. The number of amidine groups is 1. The van der Waals surface area contributed by atoms with Crippen molar-refractivity contribution in [3.63, 3.8) is 0 Å². The van der Waals surface area contributed by atoms with Gasteiger partial charge in [0, 0.05) is 12.5 Å². The second kappa shape index (κ2) is 16.5. The maximum atomic E-state index is 13.2. The van der Waals surface area contributed by atoms with Crippen molar-refractivity contribution >= 4 is 35.6 Å². The zero-order valence-corrected chi connectivity index (χ0v) is 28.8. The van der Waals surface area contributed by atoms with E-state index in [1.165, 1.54) is 0 Å². The van der Waals surface area contributed by atoms with Gasteiger partial charge in [-0.3, -0.25) is 14.4 Å². The monoisotopic (exact) mass is 678 g/mol. The van der Waals surface area contributed by atoms with E-state index in [2.05, 4.69) is 51.5 Å². The molecule has 2 aliphatic carbocycles. The standard InChI is InChI=1S/C31H45N4O4.C2H4O2.Cu.H2O/c1-14-9-16(3)24(17(4)10-14)30(36)38-26-20(7)22(34-28(26)32)13-23-21(8)27(29(33)35-23)39-31(37)25-18(5)11-15(2)12-19(25)6;1-2(3)4;;/h13-19,24-25H,9-12H2,1-8H3,(H4-,32,33,34,35);1H3,(H,3,4);;1H2/q-1;;+1;. The van der Waals surface area contributed by atoms with Crippen LogP contribution in [-0.2, 0) is 36.2 Å². The van der Waals surface area contributed by atoms with Crippen LogP contribution in [0, 0.1) is 54.3 Å². The number of aliphatic imine (C=N–C) groups is 1. The summed E-state index contributed by atoms with van der Waals surface area (Å²) in [5.41, 5.74) is 14.8. The number of allylic oxidation sites excluding steroid dienone is 1. The predicted octanol–water partition coefficient (Wildman–Crippen LogP) is 4.87. The average Bonchev–Trinajstić information content (AvgIpc) is 3.26. The molecule has 0 bridgehead atoms. The molecule has 12 heteroatoms. The minimum atomic E-state index is -0.833. The molecule has 2 saturated carbocycles. The van der Waals surface area contributed by atoms with Crippen LogP contribution in [0.4, 0.5) is 5.82 Å². The second-order valence-electron chi connectivity index (χ2n) is 13.3. The first kappa shape index (κ1) is 39.9. The molecular weight excluding hydrogens is 628 g/mol. The molecule has 4 atom stereocenters. The molecule has 3 aliphatic rings. The third kappa shape index (κ3) is 9.47. The minimum Gasteiger partial charge on any atom is -0.492 e. The Hall–Kier alpha value is -3.08. The Morgan fingerprint density at radius 1 is 0.844 bits per heavy atom. The van der Waals surface area contributed by atoms with Crippen LogP contribution >= 0.6 is 0 Å². The van der Waals surface area contributed by atoms with E-state index in [0.29, 0.717) is 45.9 Å². The number of esters is 2. The Morgan fingerprint density at radius 3 is 1.67 bits per heavy atom. The summed E-state index contributed by atoms with van der Waals surface area (Å²) in [6, 6.07) is 0. The number of nitrogen functional groups attached to an aromatic ring is 1. The van der Waals surface area contributed by atoms with Crippen molar-refractivity contribution in [2.24, 2.45) is 58.1 Å². The number of nitrogens with zero attached hydrogens (tertiary/aromatic N) is 2. The fourth-order valence-electron chi connectivity index (χ4n) is 7.52. The fraction of sp³-hybridized carbons (Fsp3) is 0.636. The fourth-order valence-corrected chi connectivity index (χ4v) is 7.52. The second-order valence-corrected chi connectivity index (χ2v) is 13.3. The van der Waals surface area contributed by atoms with Crippen LogP contribution in [0.15, 0.2) is 22.0 Å². The molecular formula is C33H51CuN4O7. The molecule has 1 aliphatic heterocycles. The molecule has 1 aromatic rings. The van der Waals surface area contributed by atoms with Crippen molar-refractivity contribution in [2.45, 2.75) is 88.0 Å². The number of hydrogen-bond donors (Lipinski definition) is 3. The number of anilines is 1. The van der Waals surface area contributed by atoms with Crippen molar-refractivity contribution in [1.82, 2.24) is 4.98 Å². The molecule has 0 radical (unpaired) electrons. The van der Waals surface area contributed by atoms with E-state index in [1.54, 1.807) is 6.08 Å². The summed E-state index contributed by atoms with van der Waals surface area (Å²) in [5.74, 6) is 1.41. The Balaban J connectivity index is 0.00000159. The number of aromatic nitrogens is 1. The number of carboxylic acid groups (broad SMARTS) is 1. The van der Waals surface area contributed by atoms with Gasteiger partial charge >= 0.3 is 29.0 Å². The third-order valence-corrected chi connectivity index (χ3v) is 9.17. The zero-order chi connectivity index (χ0) is 32.3. The van der Waals surface area contributed by atoms with Crippen LogP contribution in [-0.4, -0.2) is 34.3 Å². The molecule has 4 unspecified atom stereocenters. The van der Waals surface area contributed by atoms with E-state index in [0.717, 1.165) is 32.6 Å². The smallest absolute Gasteiger partial charge is 0.492 e. The molecule has 2 fully saturated rings. The Bertz CT molecular complexity index is 1310. The molecule has 7 N–H and O–H groups in total. The van der Waals surface area contributed by atoms with Gasteiger partial charge in [-0.25, -0.2) is 4.99 Å². The molecule has 4 rings (SSSR count). The molecule has 2 heterocycles. The number of carbonyl (C=O) groups excluding carboxylic acids is 2. The van der Waals surface area contributed by atoms with Gasteiger partial charge < -0.3 is 36.5 Å². The summed E-state index contributed by atoms with van der Waals surface area (Å²) in [7, 11) is 0. The summed E-state index contributed by atoms with van der Waals surface area (Å²) in [6.07, 6.45) is 5.76. The first-order chi connectivity index (χ1) is 20.0. The van der Waals surface area contributed by atoms with E-state index in [-0.39, 0.29) is 81.6 Å². The molecule has 11 nitrogen and oxygen atoms in total. The van der Waals surface area contributed by atoms with E-state index in [9.17, 15) is 9.59 Å². The number of aliphatic carboxylic acids is 1. The number of nitrogens with two attached hydrogens (primary N) is 2. The Kier molecular flexibility index (Phi) is 14.6. The summed E-state index contributed by atoms with van der Waals surface area (Å²) < 4.78 is 11.7. The zero-order valence-electron chi connectivity index (χ0n) is 27.9. The maximum absolute atomic E-state index is 13.2. The first-order valence-electron chi connectivity index (χ1n) is 15.3. The van der Waals surface area contributed by atoms with E-state index in [4.69, 9.17) is 30.8 Å². The number of ether oxygens (including phenoxy) is 2. The summed E-state index contributed by atoms with van der Waals surface area (Å²) in [5, 5.41) is 7.42. The van der Waals surface area contributed by atoms with Gasteiger partial charge in [0.2, 0.25) is 0 Å². The van der Waals surface area contributed by atoms with Crippen molar-refractivity contribution in [1.29, 1.82) is 0 Å². The van der Waals surface area contributed by atoms with Crippen molar-refractivity contribution in [3.05, 3.63) is 28.3 Å². The molecule has 45 heavy (non-hydrogen) atoms. The number of hydrogen-bond acceptors (Lipinski definition) is 8. The third-order valence-electron chi connectivity index (χ3n) is 9.17. The summed E-state index contributed by atoms with van der Waals surface area (Å²) >= 11 is 0. The van der Waals surface area contributed by atoms with Gasteiger partial charge in [-0.15, -0.1) is 0 Å². The number of rotatable bonds is 5. The SMILES string of the molecule is CC(=O)O.CC1=C(OC(=O)C2C(C)CC(C)CC2C)C(N)=N/C1=C\c1[n-]c(N)c(OC(=O)C2C(C)CC(C)CC2C)c1C.O.[Cu+]. The maximum Gasteiger partial charge on any atom is 1.00 e. The van der Waals surface area contributed by atoms with Gasteiger partial charge in [0.05, 0.1) is 17.5 Å². The normalized spacial score (nSPS) is 30.2. The van der Waals surface area contributed by atoms with Crippen LogP contribution in [0.1, 0.15) is 92.3 Å². The summed E-state index contributed by atoms with van der Waals surface area (Å²) in [4.78, 5) is 44.2. The van der Waals surface area contributed by atoms with Gasteiger partial charge in [0.1, 0.15) is 5.75 Å². The van der Waals surface area contributed by atoms with Crippen LogP contribution in [0.25, 0.3) is 6.08 Å². The molecule has 1 aromatic heterocycles.